The van der Waals surface area contributed by atoms with E-state index in [1.165, 1.54) is 12.1 Å². The van der Waals surface area contributed by atoms with Crippen LogP contribution in [0.5, 0.6) is 5.75 Å². The Hall–Kier alpha value is -2.10. The van der Waals surface area contributed by atoms with Gasteiger partial charge in [-0.3, -0.25) is 4.79 Å². The van der Waals surface area contributed by atoms with Crippen LogP contribution in [0.1, 0.15) is 15.9 Å². The van der Waals surface area contributed by atoms with Crippen molar-refractivity contribution in [1.29, 1.82) is 0 Å². The number of aryl methyl sites for hydroxylation is 1. The predicted molar refractivity (Wildman–Crippen MR) is 54.0 cm³/mol. The van der Waals surface area contributed by atoms with Crippen LogP contribution < -0.4 is 0 Å². The van der Waals surface area contributed by atoms with Crippen molar-refractivity contribution >= 4 is 11.8 Å². The molecule has 0 unspecified atom stereocenters. The number of ketones is 1. The molecule has 15 heavy (non-hydrogen) atoms. The van der Waals surface area contributed by atoms with Crippen LogP contribution in [0, 0.1) is 6.92 Å². The fraction of sp³-hybridized carbons (Fsp3) is 0.0909. The molecule has 1 aromatic carbocycles. The van der Waals surface area contributed by atoms with Crippen molar-refractivity contribution in [3.8, 4) is 5.75 Å². The molecule has 4 nitrogen and oxygen atoms in total. The van der Waals surface area contributed by atoms with Gasteiger partial charge in [-0.05, 0) is 25.1 Å². The first-order valence-corrected chi connectivity index (χ1v) is 4.25. The molecule has 78 valence electrons. The van der Waals surface area contributed by atoms with Gasteiger partial charge in [0.1, 0.15) is 5.75 Å². The summed E-state index contributed by atoms with van der Waals surface area (Å²) in [5.41, 5.74) is 0.923. The number of aromatic hydroxyl groups is 1. The molecule has 4 heteroatoms. The van der Waals surface area contributed by atoms with E-state index >= 15 is 0 Å². The van der Waals surface area contributed by atoms with Gasteiger partial charge < -0.3 is 10.2 Å². The molecule has 0 spiro atoms. The summed E-state index contributed by atoms with van der Waals surface area (Å²) in [7, 11) is 0. The Morgan fingerprint density at radius 3 is 2.53 bits per heavy atom. The van der Waals surface area contributed by atoms with E-state index in [1.54, 1.807) is 13.0 Å². The van der Waals surface area contributed by atoms with Crippen LogP contribution in [0.2, 0.25) is 0 Å². The first-order chi connectivity index (χ1) is 7.00. The van der Waals surface area contributed by atoms with E-state index in [-0.39, 0.29) is 11.3 Å². The summed E-state index contributed by atoms with van der Waals surface area (Å²) in [4.78, 5) is 21.6. The molecule has 2 N–H and O–H groups in total. The molecular formula is C11H10O4. The molecule has 0 aliphatic rings. The fourth-order valence-electron chi connectivity index (χ4n) is 1.08. The Morgan fingerprint density at radius 2 is 1.93 bits per heavy atom. The summed E-state index contributed by atoms with van der Waals surface area (Å²) in [6.45, 7) is 1.77. The van der Waals surface area contributed by atoms with E-state index in [0.717, 1.165) is 17.7 Å². The molecule has 1 rings (SSSR count). The highest BCUT2D eigenvalue weighted by Crippen LogP contribution is 2.18. The summed E-state index contributed by atoms with van der Waals surface area (Å²) in [5.74, 6) is -1.88. The normalized spacial score (nSPS) is 10.5. The molecule has 0 saturated heterocycles. The van der Waals surface area contributed by atoms with E-state index in [1.807, 2.05) is 0 Å². The zero-order valence-corrected chi connectivity index (χ0v) is 8.10. The van der Waals surface area contributed by atoms with E-state index in [9.17, 15) is 14.7 Å². The Morgan fingerprint density at radius 1 is 1.27 bits per heavy atom. The van der Waals surface area contributed by atoms with E-state index in [0.29, 0.717) is 0 Å². The first kappa shape index (κ1) is 11.0. The van der Waals surface area contributed by atoms with Crippen LogP contribution in [0.15, 0.2) is 30.4 Å². The average Bonchev–Trinajstić information content (AvgIpc) is 2.18. The van der Waals surface area contributed by atoms with Gasteiger partial charge >= 0.3 is 5.97 Å². The van der Waals surface area contributed by atoms with E-state index in [2.05, 4.69) is 0 Å². The van der Waals surface area contributed by atoms with Gasteiger partial charge in [-0.1, -0.05) is 11.6 Å². The Kier molecular flexibility index (Phi) is 3.23. The minimum absolute atomic E-state index is 0.104. The van der Waals surface area contributed by atoms with Crippen molar-refractivity contribution in [2.75, 3.05) is 0 Å². The molecule has 0 aromatic heterocycles. The molecule has 0 atom stereocenters. The van der Waals surface area contributed by atoms with E-state index < -0.39 is 11.8 Å². The minimum Gasteiger partial charge on any atom is -0.507 e. The van der Waals surface area contributed by atoms with Gasteiger partial charge in [-0.15, -0.1) is 0 Å². The maximum absolute atomic E-state index is 11.4. The SMILES string of the molecule is Cc1ccc(O)c(C(=O)/C=C/C(=O)O)c1. The Bertz CT molecular complexity index is 432. The van der Waals surface area contributed by atoms with Crippen LogP contribution in [-0.4, -0.2) is 22.0 Å². The third kappa shape index (κ3) is 2.95. The van der Waals surface area contributed by atoms with Crippen LogP contribution in [0.4, 0.5) is 0 Å². The van der Waals surface area contributed by atoms with Crippen molar-refractivity contribution in [3.05, 3.63) is 41.5 Å². The largest absolute Gasteiger partial charge is 0.507 e. The number of hydrogen-bond donors (Lipinski definition) is 2. The van der Waals surface area contributed by atoms with Gasteiger partial charge in [0.25, 0.3) is 0 Å². The van der Waals surface area contributed by atoms with Gasteiger partial charge in [0.2, 0.25) is 0 Å². The summed E-state index contributed by atoms with van der Waals surface area (Å²) in [5, 5.41) is 17.7. The van der Waals surface area contributed by atoms with Crippen LogP contribution in [-0.2, 0) is 4.79 Å². The van der Waals surface area contributed by atoms with Crippen molar-refractivity contribution in [2.24, 2.45) is 0 Å². The molecule has 1 aromatic rings. The third-order valence-corrected chi connectivity index (χ3v) is 1.79. The summed E-state index contributed by atoms with van der Waals surface area (Å²) in [6.07, 6.45) is 1.65. The number of hydrogen-bond acceptors (Lipinski definition) is 3. The van der Waals surface area contributed by atoms with E-state index in [4.69, 9.17) is 5.11 Å². The lowest BCUT2D eigenvalue weighted by Gasteiger charge is -2.01. The number of carbonyl (C=O) groups is 2. The molecule has 0 aliphatic carbocycles. The molecule has 0 heterocycles. The minimum atomic E-state index is -1.20. The number of aliphatic carboxylic acids is 1. The number of carboxylic acids is 1. The Balaban J connectivity index is 3.01. The first-order valence-electron chi connectivity index (χ1n) is 4.25. The topological polar surface area (TPSA) is 74.6 Å². The highest BCUT2D eigenvalue weighted by Gasteiger charge is 2.08. The van der Waals surface area contributed by atoms with Gasteiger partial charge in [-0.25, -0.2) is 4.79 Å². The number of carbonyl (C=O) groups excluding carboxylic acids is 1. The zero-order valence-electron chi connectivity index (χ0n) is 8.10. The standard InChI is InChI=1S/C11H10O4/c1-7-2-3-9(12)8(6-7)10(13)4-5-11(14)15/h2-6,12H,1H3,(H,14,15)/b5-4+. The number of allylic oxidation sites excluding steroid dienone is 1. The Labute approximate surface area is 86.5 Å². The highest BCUT2D eigenvalue weighted by atomic mass is 16.4. The highest BCUT2D eigenvalue weighted by molar-refractivity contribution is 6.08. The quantitative estimate of drug-likeness (QED) is 0.580. The predicted octanol–water partition coefficient (Wildman–Crippen LogP) is 1.52. The summed E-state index contributed by atoms with van der Waals surface area (Å²) < 4.78 is 0. The summed E-state index contributed by atoms with van der Waals surface area (Å²) in [6, 6.07) is 4.56. The van der Waals surface area contributed by atoms with Gasteiger partial charge in [0.15, 0.2) is 5.78 Å². The van der Waals surface area contributed by atoms with Gasteiger partial charge in [0, 0.05) is 6.08 Å². The summed E-state index contributed by atoms with van der Waals surface area (Å²) >= 11 is 0. The zero-order chi connectivity index (χ0) is 11.4. The molecule has 0 amide bonds. The van der Waals surface area contributed by atoms with Crippen LogP contribution >= 0.6 is 0 Å². The lowest BCUT2D eigenvalue weighted by Crippen LogP contribution is -1.97. The number of carboxylic acid groups (broad SMARTS) is 1. The number of rotatable bonds is 3. The lowest BCUT2D eigenvalue weighted by molar-refractivity contribution is -0.131. The van der Waals surface area contributed by atoms with Crippen molar-refractivity contribution < 1.29 is 19.8 Å². The molecule has 0 bridgehead atoms. The second-order valence-corrected chi connectivity index (χ2v) is 3.06. The van der Waals surface area contributed by atoms with Gasteiger partial charge in [-0.2, -0.15) is 0 Å². The van der Waals surface area contributed by atoms with Crippen LogP contribution in [0.3, 0.4) is 0 Å². The monoisotopic (exact) mass is 206 g/mol. The number of phenols is 1. The van der Waals surface area contributed by atoms with Crippen molar-refractivity contribution in [3.63, 3.8) is 0 Å². The maximum atomic E-state index is 11.4. The van der Waals surface area contributed by atoms with Crippen molar-refractivity contribution in [2.45, 2.75) is 6.92 Å². The molecular weight excluding hydrogens is 196 g/mol. The molecule has 0 saturated carbocycles. The van der Waals surface area contributed by atoms with Crippen molar-refractivity contribution in [1.82, 2.24) is 0 Å². The smallest absolute Gasteiger partial charge is 0.328 e. The molecule has 0 fully saturated rings. The number of benzene rings is 1. The molecule has 0 radical (unpaired) electrons. The molecule has 0 aliphatic heterocycles. The third-order valence-electron chi connectivity index (χ3n) is 1.79. The maximum Gasteiger partial charge on any atom is 0.328 e. The average molecular weight is 206 g/mol. The second kappa shape index (κ2) is 4.41. The number of phenolic OH excluding ortho intramolecular Hbond substituents is 1. The van der Waals surface area contributed by atoms with Crippen LogP contribution in [0.25, 0.3) is 0 Å². The van der Waals surface area contributed by atoms with Gasteiger partial charge in [0.05, 0.1) is 5.56 Å². The fourth-order valence-corrected chi connectivity index (χ4v) is 1.08. The second-order valence-electron chi connectivity index (χ2n) is 3.06. The lowest BCUT2D eigenvalue weighted by atomic mass is 10.1.